The Morgan fingerprint density at radius 1 is 1.00 bits per heavy atom. The maximum atomic E-state index is 4.44. The van der Waals surface area contributed by atoms with Crippen molar-refractivity contribution in [1.82, 2.24) is 19.7 Å². The van der Waals surface area contributed by atoms with E-state index in [1.54, 1.807) is 18.0 Å². The molecule has 2 aromatic heterocycles. The van der Waals surface area contributed by atoms with E-state index in [-0.39, 0.29) is 5.41 Å². The number of pyridine rings is 1. The summed E-state index contributed by atoms with van der Waals surface area (Å²) in [5.41, 5.74) is 2.46. The van der Waals surface area contributed by atoms with Gasteiger partial charge >= 0.3 is 0 Å². The molecule has 0 aliphatic carbocycles. The van der Waals surface area contributed by atoms with Gasteiger partial charge in [0.2, 0.25) is 0 Å². The lowest BCUT2D eigenvalue weighted by molar-refractivity contribution is 0.479. The molecule has 0 bridgehead atoms. The van der Waals surface area contributed by atoms with Crippen LogP contribution in [0.2, 0.25) is 0 Å². The Morgan fingerprint density at radius 2 is 1.79 bits per heavy atom. The Labute approximate surface area is 147 Å². The fourth-order valence-electron chi connectivity index (χ4n) is 2.29. The average Bonchev–Trinajstić information content (AvgIpc) is 2.97. The lowest BCUT2D eigenvalue weighted by Gasteiger charge is -2.17. The van der Waals surface area contributed by atoms with Gasteiger partial charge in [-0.15, -0.1) is 10.2 Å². The minimum atomic E-state index is 0.239. The Morgan fingerprint density at radius 3 is 2.46 bits per heavy atom. The molecule has 1 aromatic carbocycles. The summed E-state index contributed by atoms with van der Waals surface area (Å²) in [7, 11) is 0. The highest BCUT2D eigenvalue weighted by molar-refractivity contribution is 7.99. The van der Waals surface area contributed by atoms with Crippen LogP contribution in [0.1, 0.15) is 26.3 Å². The molecule has 3 aromatic rings. The van der Waals surface area contributed by atoms with Crippen molar-refractivity contribution < 1.29 is 0 Å². The molecule has 0 saturated carbocycles. The molecule has 0 saturated heterocycles. The molecule has 0 fully saturated rings. The monoisotopic (exact) mass is 338 g/mol. The molecule has 124 valence electrons. The van der Waals surface area contributed by atoms with E-state index in [1.165, 1.54) is 5.56 Å². The van der Waals surface area contributed by atoms with E-state index in [9.17, 15) is 0 Å². The molecule has 0 aliphatic rings. The van der Waals surface area contributed by atoms with E-state index in [0.29, 0.717) is 0 Å². The van der Waals surface area contributed by atoms with Gasteiger partial charge in [0.05, 0.1) is 6.54 Å². The second-order valence-electron chi connectivity index (χ2n) is 6.97. The van der Waals surface area contributed by atoms with Crippen molar-refractivity contribution in [1.29, 1.82) is 0 Å². The minimum Gasteiger partial charge on any atom is -0.298 e. The summed E-state index contributed by atoms with van der Waals surface area (Å²) in [6.45, 7) is 7.46. The Kier molecular flexibility index (Phi) is 5.00. The predicted molar refractivity (Wildman–Crippen MR) is 99.0 cm³/mol. The van der Waals surface area contributed by atoms with Gasteiger partial charge in [-0.05, 0) is 23.1 Å². The molecule has 0 aliphatic heterocycles. The number of aromatic nitrogens is 4. The summed E-state index contributed by atoms with van der Waals surface area (Å²) in [5.74, 6) is 1.86. The molecule has 0 radical (unpaired) electrons. The van der Waals surface area contributed by atoms with E-state index in [2.05, 4.69) is 64.8 Å². The Hall–Kier alpha value is -2.14. The van der Waals surface area contributed by atoms with Crippen LogP contribution in [0.3, 0.4) is 0 Å². The summed E-state index contributed by atoms with van der Waals surface area (Å²) in [6, 6.07) is 14.4. The fraction of sp³-hybridized carbons (Fsp3) is 0.316. The zero-order chi connectivity index (χ0) is 17.0. The summed E-state index contributed by atoms with van der Waals surface area (Å²) in [6.07, 6.45) is 3.61. The fourth-order valence-corrected chi connectivity index (χ4v) is 3.26. The van der Waals surface area contributed by atoms with Gasteiger partial charge in [0.15, 0.2) is 11.0 Å². The van der Waals surface area contributed by atoms with Crippen LogP contribution in [-0.4, -0.2) is 25.5 Å². The first-order valence-corrected chi connectivity index (χ1v) is 9.02. The summed E-state index contributed by atoms with van der Waals surface area (Å²) in [4.78, 5) is 4.22. The van der Waals surface area contributed by atoms with Gasteiger partial charge in [0.25, 0.3) is 0 Å². The van der Waals surface area contributed by atoms with Crippen LogP contribution in [-0.2, 0) is 6.54 Å². The van der Waals surface area contributed by atoms with Crippen LogP contribution < -0.4 is 0 Å². The molecule has 0 unspecified atom stereocenters. The molecular weight excluding hydrogens is 316 g/mol. The number of hydrogen-bond donors (Lipinski definition) is 0. The van der Waals surface area contributed by atoms with Crippen LogP contribution in [0.15, 0.2) is 60.0 Å². The minimum absolute atomic E-state index is 0.239. The SMILES string of the molecule is CC(C)(C)CSc1nnc(-c2cccnc2)n1Cc1ccccc1. The lowest BCUT2D eigenvalue weighted by Crippen LogP contribution is -2.10. The first kappa shape index (κ1) is 16.7. The van der Waals surface area contributed by atoms with Crippen molar-refractivity contribution in [2.75, 3.05) is 5.75 Å². The van der Waals surface area contributed by atoms with Crippen LogP contribution in [0.25, 0.3) is 11.4 Å². The second-order valence-corrected chi connectivity index (χ2v) is 7.91. The molecule has 0 atom stereocenters. The molecule has 3 rings (SSSR count). The topological polar surface area (TPSA) is 43.6 Å². The third kappa shape index (κ3) is 4.23. The van der Waals surface area contributed by atoms with E-state index < -0.39 is 0 Å². The highest BCUT2D eigenvalue weighted by atomic mass is 32.2. The van der Waals surface area contributed by atoms with E-state index in [1.807, 2.05) is 24.4 Å². The Balaban J connectivity index is 1.96. The van der Waals surface area contributed by atoms with Gasteiger partial charge < -0.3 is 0 Å². The first-order valence-electron chi connectivity index (χ1n) is 8.03. The van der Waals surface area contributed by atoms with Crippen molar-refractivity contribution >= 4 is 11.8 Å². The van der Waals surface area contributed by atoms with Crippen LogP contribution >= 0.6 is 11.8 Å². The van der Waals surface area contributed by atoms with Gasteiger partial charge in [-0.2, -0.15) is 0 Å². The molecule has 24 heavy (non-hydrogen) atoms. The number of benzene rings is 1. The number of nitrogens with zero attached hydrogens (tertiary/aromatic N) is 4. The van der Waals surface area contributed by atoms with Gasteiger partial charge in [0.1, 0.15) is 0 Å². The van der Waals surface area contributed by atoms with Gasteiger partial charge in [-0.3, -0.25) is 9.55 Å². The smallest absolute Gasteiger partial charge is 0.191 e. The second kappa shape index (κ2) is 7.18. The molecule has 0 N–H and O–H groups in total. The zero-order valence-corrected chi connectivity index (χ0v) is 15.1. The Bertz CT molecular complexity index is 776. The largest absolute Gasteiger partial charge is 0.298 e. The first-order chi connectivity index (χ1) is 11.5. The molecular formula is C19H22N4S. The van der Waals surface area contributed by atoms with E-state index >= 15 is 0 Å². The third-order valence-corrected chi connectivity index (χ3v) is 5.02. The number of rotatable bonds is 5. The van der Waals surface area contributed by atoms with Gasteiger partial charge in [-0.25, -0.2) is 0 Å². The van der Waals surface area contributed by atoms with E-state index in [0.717, 1.165) is 28.8 Å². The lowest BCUT2D eigenvalue weighted by atomic mass is 10.0. The summed E-state index contributed by atoms with van der Waals surface area (Å²) < 4.78 is 2.18. The molecule has 4 nitrogen and oxygen atoms in total. The van der Waals surface area contributed by atoms with Crippen molar-refractivity contribution in [3.05, 3.63) is 60.4 Å². The molecule has 2 heterocycles. The van der Waals surface area contributed by atoms with Gasteiger partial charge in [-0.1, -0.05) is 62.9 Å². The molecule has 0 spiro atoms. The van der Waals surface area contributed by atoms with E-state index in [4.69, 9.17) is 0 Å². The summed E-state index contributed by atoms with van der Waals surface area (Å²) in [5, 5.41) is 9.83. The maximum absolute atomic E-state index is 4.44. The molecule has 0 amide bonds. The van der Waals surface area contributed by atoms with Crippen molar-refractivity contribution in [3.8, 4) is 11.4 Å². The van der Waals surface area contributed by atoms with Crippen LogP contribution in [0, 0.1) is 5.41 Å². The van der Waals surface area contributed by atoms with Crippen LogP contribution in [0.5, 0.6) is 0 Å². The van der Waals surface area contributed by atoms with Crippen molar-refractivity contribution in [2.45, 2.75) is 32.5 Å². The van der Waals surface area contributed by atoms with Gasteiger partial charge in [0, 0.05) is 23.7 Å². The third-order valence-electron chi connectivity index (χ3n) is 3.45. The van der Waals surface area contributed by atoms with Crippen molar-refractivity contribution in [2.24, 2.45) is 5.41 Å². The van der Waals surface area contributed by atoms with Crippen molar-refractivity contribution in [3.63, 3.8) is 0 Å². The highest BCUT2D eigenvalue weighted by Gasteiger charge is 2.18. The quantitative estimate of drug-likeness (QED) is 0.641. The predicted octanol–water partition coefficient (Wildman–Crippen LogP) is 4.53. The van der Waals surface area contributed by atoms with Crippen LogP contribution in [0.4, 0.5) is 0 Å². The molecule has 5 heteroatoms. The highest BCUT2D eigenvalue weighted by Crippen LogP contribution is 2.29. The average molecular weight is 338 g/mol. The summed E-state index contributed by atoms with van der Waals surface area (Å²) >= 11 is 1.76. The zero-order valence-electron chi connectivity index (χ0n) is 14.3. The maximum Gasteiger partial charge on any atom is 0.191 e. The standard InChI is InChI=1S/C19H22N4S/c1-19(2,3)14-24-18-22-21-17(16-10-7-11-20-12-16)23(18)13-15-8-5-4-6-9-15/h4-12H,13-14H2,1-3H3. The number of hydrogen-bond acceptors (Lipinski definition) is 4. The normalized spacial score (nSPS) is 11.6. The number of thioether (sulfide) groups is 1.